The van der Waals surface area contributed by atoms with E-state index in [9.17, 15) is 14.9 Å². The predicted octanol–water partition coefficient (Wildman–Crippen LogP) is 2.22. The van der Waals surface area contributed by atoms with Crippen molar-refractivity contribution in [3.8, 4) is 5.75 Å². The highest BCUT2D eigenvalue weighted by Crippen LogP contribution is 2.29. The molecule has 0 aliphatic heterocycles. The van der Waals surface area contributed by atoms with E-state index in [1.54, 1.807) is 0 Å². The van der Waals surface area contributed by atoms with Gasteiger partial charge in [0.25, 0.3) is 5.69 Å². The van der Waals surface area contributed by atoms with E-state index in [1.165, 1.54) is 12.1 Å². The van der Waals surface area contributed by atoms with Crippen LogP contribution in [0.5, 0.6) is 5.75 Å². The number of aromatic carboxylic acids is 1. The highest BCUT2D eigenvalue weighted by atomic mass is 16.6. The molecular formula is C11H11NO5. The second-order valence-corrected chi connectivity index (χ2v) is 3.91. The van der Waals surface area contributed by atoms with Gasteiger partial charge in [0.15, 0.2) is 0 Å². The van der Waals surface area contributed by atoms with E-state index in [0.717, 1.165) is 25.3 Å². The van der Waals surface area contributed by atoms with Crippen LogP contribution in [0.3, 0.4) is 0 Å². The number of carboxylic acids is 1. The van der Waals surface area contributed by atoms with Gasteiger partial charge in [-0.2, -0.15) is 0 Å². The summed E-state index contributed by atoms with van der Waals surface area (Å²) in [6, 6.07) is 3.62. The number of nitro benzene ring substituents is 1. The van der Waals surface area contributed by atoms with E-state index in [-0.39, 0.29) is 23.1 Å². The lowest BCUT2D eigenvalue weighted by Crippen LogP contribution is -2.25. The van der Waals surface area contributed by atoms with E-state index in [0.29, 0.717) is 0 Å². The molecule has 0 bridgehead atoms. The molecule has 90 valence electrons. The summed E-state index contributed by atoms with van der Waals surface area (Å²) >= 11 is 0. The first-order chi connectivity index (χ1) is 8.08. The minimum Gasteiger partial charge on any atom is -0.490 e. The van der Waals surface area contributed by atoms with E-state index in [2.05, 4.69) is 0 Å². The van der Waals surface area contributed by atoms with Crippen molar-refractivity contribution in [2.75, 3.05) is 0 Å². The van der Waals surface area contributed by atoms with Crippen LogP contribution in [0, 0.1) is 10.1 Å². The molecule has 2 rings (SSSR count). The SMILES string of the molecule is O=C(O)c1cc([N+](=O)[O-])ccc1OC1CCC1. The molecule has 0 amide bonds. The molecule has 6 heteroatoms. The Balaban J connectivity index is 2.30. The number of carboxylic acid groups (broad SMARTS) is 1. The van der Waals surface area contributed by atoms with Gasteiger partial charge in [0.1, 0.15) is 11.3 Å². The van der Waals surface area contributed by atoms with Crippen LogP contribution in [0.1, 0.15) is 29.6 Å². The Hall–Kier alpha value is -2.11. The Kier molecular flexibility index (Phi) is 2.95. The molecule has 0 saturated heterocycles. The smallest absolute Gasteiger partial charge is 0.339 e. The summed E-state index contributed by atoms with van der Waals surface area (Å²) < 4.78 is 5.47. The molecule has 1 aromatic carbocycles. The first-order valence-electron chi connectivity index (χ1n) is 5.26. The Morgan fingerprint density at radius 3 is 2.65 bits per heavy atom. The standard InChI is InChI=1S/C11H11NO5/c13-11(14)9-6-7(12(15)16)4-5-10(9)17-8-2-1-3-8/h4-6,8H,1-3H2,(H,13,14). The maximum absolute atomic E-state index is 11.0. The lowest BCUT2D eigenvalue weighted by Gasteiger charge is -2.26. The van der Waals surface area contributed by atoms with Gasteiger partial charge >= 0.3 is 5.97 Å². The van der Waals surface area contributed by atoms with Crippen LogP contribution in [-0.2, 0) is 0 Å². The summed E-state index contributed by atoms with van der Waals surface area (Å²) in [5, 5.41) is 19.5. The second kappa shape index (κ2) is 4.40. The lowest BCUT2D eigenvalue weighted by molar-refractivity contribution is -0.384. The third-order valence-electron chi connectivity index (χ3n) is 2.75. The fourth-order valence-corrected chi connectivity index (χ4v) is 1.57. The normalized spacial score (nSPS) is 15.1. The molecular weight excluding hydrogens is 226 g/mol. The summed E-state index contributed by atoms with van der Waals surface area (Å²) in [6.07, 6.45) is 2.90. The van der Waals surface area contributed by atoms with Crippen LogP contribution in [-0.4, -0.2) is 22.1 Å². The van der Waals surface area contributed by atoms with E-state index in [1.807, 2.05) is 0 Å². The van der Waals surface area contributed by atoms with Crippen LogP contribution < -0.4 is 4.74 Å². The molecule has 0 radical (unpaired) electrons. The minimum absolute atomic E-state index is 0.0366. The summed E-state index contributed by atoms with van der Waals surface area (Å²) in [6.45, 7) is 0. The minimum atomic E-state index is -1.22. The Morgan fingerprint density at radius 1 is 1.47 bits per heavy atom. The van der Waals surface area contributed by atoms with E-state index < -0.39 is 10.9 Å². The van der Waals surface area contributed by atoms with Gasteiger partial charge in [-0.05, 0) is 25.3 Å². The van der Waals surface area contributed by atoms with Crippen molar-refractivity contribution in [3.63, 3.8) is 0 Å². The summed E-state index contributed by atoms with van der Waals surface area (Å²) in [5.74, 6) is -1.02. The number of hydrogen-bond donors (Lipinski definition) is 1. The van der Waals surface area contributed by atoms with E-state index >= 15 is 0 Å². The molecule has 1 N–H and O–H groups in total. The van der Waals surface area contributed by atoms with Crippen molar-refractivity contribution < 1.29 is 19.6 Å². The monoisotopic (exact) mass is 237 g/mol. The number of carbonyl (C=O) groups is 1. The number of benzene rings is 1. The van der Waals surface area contributed by atoms with Crippen molar-refractivity contribution in [2.45, 2.75) is 25.4 Å². The average molecular weight is 237 g/mol. The van der Waals surface area contributed by atoms with Gasteiger partial charge in [-0.15, -0.1) is 0 Å². The third-order valence-corrected chi connectivity index (χ3v) is 2.75. The van der Waals surface area contributed by atoms with Crippen LogP contribution in [0.15, 0.2) is 18.2 Å². The molecule has 0 unspecified atom stereocenters. The first-order valence-corrected chi connectivity index (χ1v) is 5.26. The summed E-state index contributed by atoms with van der Waals surface area (Å²) in [5.41, 5.74) is -0.408. The van der Waals surface area contributed by atoms with Gasteiger partial charge in [0.2, 0.25) is 0 Å². The molecule has 1 fully saturated rings. The molecule has 1 aromatic rings. The largest absolute Gasteiger partial charge is 0.490 e. The Labute approximate surface area is 97.0 Å². The van der Waals surface area contributed by atoms with Crippen molar-refractivity contribution in [3.05, 3.63) is 33.9 Å². The van der Waals surface area contributed by atoms with Gasteiger partial charge in [0, 0.05) is 12.1 Å². The van der Waals surface area contributed by atoms with Crippen LogP contribution in [0.2, 0.25) is 0 Å². The number of nitro groups is 1. The third kappa shape index (κ3) is 2.35. The molecule has 0 spiro atoms. The number of ether oxygens (including phenoxy) is 1. The quantitative estimate of drug-likeness (QED) is 0.640. The zero-order valence-electron chi connectivity index (χ0n) is 8.96. The molecule has 1 saturated carbocycles. The maximum atomic E-state index is 11.0. The number of nitrogens with zero attached hydrogens (tertiary/aromatic N) is 1. The molecule has 1 aliphatic carbocycles. The average Bonchev–Trinajstić information content (AvgIpc) is 2.23. The molecule has 6 nitrogen and oxygen atoms in total. The molecule has 0 heterocycles. The van der Waals surface area contributed by atoms with Crippen LogP contribution >= 0.6 is 0 Å². The van der Waals surface area contributed by atoms with Crippen molar-refractivity contribution in [1.82, 2.24) is 0 Å². The van der Waals surface area contributed by atoms with Gasteiger partial charge in [0.05, 0.1) is 11.0 Å². The first kappa shape index (κ1) is 11.4. The summed E-state index contributed by atoms with van der Waals surface area (Å²) in [4.78, 5) is 20.9. The fraction of sp³-hybridized carbons (Fsp3) is 0.364. The Morgan fingerprint density at radius 2 is 2.18 bits per heavy atom. The van der Waals surface area contributed by atoms with Crippen molar-refractivity contribution in [1.29, 1.82) is 0 Å². The number of non-ortho nitro benzene ring substituents is 1. The summed E-state index contributed by atoms with van der Waals surface area (Å²) in [7, 11) is 0. The van der Waals surface area contributed by atoms with Crippen molar-refractivity contribution >= 4 is 11.7 Å². The topological polar surface area (TPSA) is 89.7 Å². The van der Waals surface area contributed by atoms with Gasteiger partial charge < -0.3 is 9.84 Å². The van der Waals surface area contributed by atoms with Gasteiger partial charge in [-0.1, -0.05) is 0 Å². The lowest BCUT2D eigenvalue weighted by atomic mass is 9.96. The zero-order valence-corrected chi connectivity index (χ0v) is 8.96. The highest BCUT2D eigenvalue weighted by Gasteiger charge is 2.23. The molecule has 0 atom stereocenters. The molecule has 1 aliphatic rings. The van der Waals surface area contributed by atoms with Gasteiger partial charge in [-0.25, -0.2) is 4.79 Å². The van der Waals surface area contributed by atoms with Crippen molar-refractivity contribution in [2.24, 2.45) is 0 Å². The highest BCUT2D eigenvalue weighted by molar-refractivity contribution is 5.91. The van der Waals surface area contributed by atoms with Crippen LogP contribution in [0.4, 0.5) is 5.69 Å². The fourth-order valence-electron chi connectivity index (χ4n) is 1.57. The number of rotatable bonds is 4. The zero-order chi connectivity index (χ0) is 12.4. The van der Waals surface area contributed by atoms with Crippen LogP contribution in [0.25, 0.3) is 0 Å². The Bertz CT molecular complexity index is 467. The second-order valence-electron chi connectivity index (χ2n) is 3.91. The van der Waals surface area contributed by atoms with Gasteiger partial charge in [-0.3, -0.25) is 10.1 Å². The molecule has 17 heavy (non-hydrogen) atoms. The molecule has 0 aromatic heterocycles. The number of hydrogen-bond acceptors (Lipinski definition) is 4. The predicted molar refractivity (Wildman–Crippen MR) is 58.3 cm³/mol. The van der Waals surface area contributed by atoms with E-state index in [4.69, 9.17) is 9.84 Å². The maximum Gasteiger partial charge on any atom is 0.339 e.